The fraction of sp³-hybridized carbons (Fsp3) is 1.00. The summed E-state index contributed by atoms with van der Waals surface area (Å²) in [7, 11) is 2.55. The number of aliphatic hydroxyl groups is 6. The average molecular weight is 370 g/mol. The van der Waals surface area contributed by atoms with Gasteiger partial charge in [0.1, 0.15) is 48.8 Å². The molecule has 0 aliphatic carbocycles. The maximum atomic E-state index is 10.0. The summed E-state index contributed by atoms with van der Waals surface area (Å²) in [5, 5.41) is 58.6. The van der Waals surface area contributed by atoms with Gasteiger partial charge >= 0.3 is 0 Å². The summed E-state index contributed by atoms with van der Waals surface area (Å²) in [6, 6.07) is 0. The Labute approximate surface area is 144 Å². The topological polar surface area (TPSA) is 168 Å². The second-order valence-corrected chi connectivity index (χ2v) is 5.99. The SMILES string of the molecule is CO[C@H]1O[C@H](CO[C@H]2O[C@H](CO)[C@@H](O)[C@H](O)[C@@H]2OC)[C@@H](O)[C@H](O)[C@@H]1O. The Morgan fingerprint density at radius 3 is 1.88 bits per heavy atom. The van der Waals surface area contributed by atoms with Gasteiger partial charge in [-0.25, -0.2) is 0 Å². The Morgan fingerprint density at radius 1 is 0.720 bits per heavy atom. The number of aliphatic hydroxyl groups excluding tert-OH is 6. The van der Waals surface area contributed by atoms with E-state index in [1.807, 2.05) is 0 Å². The first-order valence-corrected chi connectivity index (χ1v) is 7.85. The van der Waals surface area contributed by atoms with Crippen LogP contribution in [0.4, 0.5) is 0 Å². The van der Waals surface area contributed by atoms with Crippen molar-refractivity contribution in [1.82, 2.24) is 0 Å². The van der Waals surface area contributed by atoms with Gasteiger partial charge in [0.15, 0.2) is 12.6 Å². The van der Waals surface area contributed by atoms with Crippen molar-refractivity contribution in [3.63, 3.8) is 0 Å². The minimum atomic E-state index is -1.50. The molecular weight excluding hydrogens is 344 g/mol. The molecule has 0 aromatic carbocycles. The van der Waals surface area contributed by atoms with Crippen LogP contribution in [-0.4, -0.2) is 119 Å². The molecule has 0 amide bonds. The predicted octanol–water partition coefficient (Wildman–Crippen LogP) is -4.09. The van der Waals surface area contributed by atoms with E-state index in [2.05, 4.69) is 0 Å². The molecule has 2 heterocycles. The molecule has 2 fully saturated rings. The van der Waals surface area contributed by atoms with Gasteiger partial charge in [0.25, 0.3) is 0 Å². The van der Waals surface area contributed by atoms with Crippen molar-refractivity contribution < 1.29 is 54.3 Å². The molecule has 0 aromatic heterocycles. The van der Waals surface area contributed by atoms with Crippen LogP contribution in [0.5, 0.6) is 0 Å². The second kappa shape index (κ2) is 8.97. The molecule has 0 spiro atoms. The largest absolute Gasteiger partial charge is 0.394 e. The maximum absolute atomic E-state index is 10.0. The summed E-state index contributed by atoms with van der Waals surface area (Å²) in [6.45, 7) is -0.843. The number of rotatable bonds is 6. The molecule has 25 heavy (non-hydrogen) atoms. The first-order chi connectivity index (χ1) is 11.8. The zero-order chi connectivity index (χ0) is 18.7. The van der Waals surface area contributed by atoms with Crippen LogP contribution in [0.2, 0.25) is 0 Å². The Kier molecular flexibility index (Phi) is 7.49. The van der Waals surface area contributed by atoms with Crippen molar-refractivity contribution >= 4 is 0 Å². The van der Waals surface area contributed by atoms with E-state index in [1.54, 1.807) is 0 Å². The standard InChI is InChI=1S/C14H26O11/c1-21-12-10(19)7(16)5(3-15)24-14(12)23-4-6-8(17)9(18)11(20)13(22-2)25-6/h5-20H,3-4H2,1-2H3/t5-,6-,7-,8-,9+,10+,11+,12+,13+,14+/m1/s1. The van der Waals surface area contributed by atoms with E-state index in [-0.39, 0.29) is 6.61 Å². The van der Waals surface area contributed by atoms with E-state index >= 15 is 0 Å². The van der Waals surface area contributed by atoms with Crippen molar-refractivity contribution in [1.29, 1.82) is 0 Å². The lowest BCUT2D eigenvalue weighted by atomic mass is 9.98. The van der Waals surface area contributed by atoms with Crippen molar-refractivity contribution in [3.05, 3.63) is 0 Å². The fourth-order valence-electron chi connectivity index (χ4n) is 2.88. The Morgan fingerprint density at radius 2 is 1.32 bits per heavy atom. The molecule has 11 heteroatoms. The van der Waals surface area contributed by atoms with Crippen LogP contribution in [0.15, 0.2) is 0 Å². The molecule has 11 nitrogen and oxygen atoms in total. The third kappa shape index (κ3) is 4.28. The van der Waals surface area contributed by atoms with E-state index in [4.69, 9.17) is 23.7 Å². The summed E-state index contributed by atoms with van der Waals surface area (Å²) in [4.78, 5) is 0. The van der Waals surface area contributed by atoms with Crippen LogP contribution >= 0.6 is 0 Å². The van der Waals surface area contributed by atoms with Crippen LogP contribution in [0, 0.1) is 0 Å². The quantitative estimate of drug-likeness (QED) is 0.269. The van der Waals surface area contributed by atoms with Gasteiger partial charge < -0.3 is 54.3 Å². The van der Waals surface area contributed by atoms with Crippen LogP contribution in [0.3, 0.4) is 0 Å². The van der Waals surface area contributed by atoms with E-state index in [1.165, 1.54) is 14.2 Å². The molecule has 0 unspecified atom stereocenters. The number of hydrogen-bond acceptors (Lipinski definition) is 11. The summed E-state index contributed by atoms with van der Waals surface area (Å²) in [5.74, 6) is 0. The van der Waals surface area contributed by atoms with E-state index in [9.17, 15) is 30.6 Å². The molecule has 0 radical (unpaired) electrons. The first-order valence-electron chi connectivity index (χ1n) is 7.85. The minimum Gasteiger partial charge on any atom is -0.394 e. The molecule has 0 bridgehead atoms. The molecule has 0 aromatic rings. The predicted molar refractivity (Wildman–Crippen MR) is 78.2 cm³/mol. The van der Waals surface area contributed by atoms with Crippen LogP contribution in [0.1, 0.15) is 0 Å². The van der Waals surface area contributed by atoms with Crippen molar-refractivity contribution in [2.24, 2.45) is 0 Å². The minimum absolute atomic E-state index is 0.295. The Hall–Kier alpha value is -0.440. The van der Waals surface area contributed by atoms with E-state index in [0.29, 0.717) is 0 Å². The van der Waals surface area contributed by atoms with Gasteiger partial charge in [0, 0.05) is 14.2 Å². The normalized spacial score (nSPS) is 48.5. The highest BCUT2D eigenvalue weighted by Crippen LogP contribution is 2.26. The molecule has 10 atom stereocenters. The Balaban J connectivity index is 2.00. The summed E-state index contributed by atoms with van der Waals surface area (Å²) >= 11 is 0. The average Bonchev–Trinajstić information content (AvgIpc) is 2.61. The summed E-state index contributed by atoms with van der Waals surface area (Å²) in [5.41, 5.74) is 0. The molecule has 0 saturated carbocycles. The van der Waals surface area contributed by atoms with Crippen LogP contribution in [-0.2, 0) is 23.7 Å². The van der Waals surface area contributed by atoms with Crippen molar-refractivity contribution in [2.45, 2.75) is 61.4 Å². The molecule has 2 aliphatic rings. The van der Waals surface area contributed by atoms with Gasteiger partial charge in [-0.15, -0.1) is 0 Å². The number of ether oxygens (including phenoxy) is 5. The molecule has 6 N–H and O–H groups in total. The lowest BCUT2D eigenvalue weighted by Crippen LogP contribution is -2.62. The summed E-state index contributed by atoms with van der Waals surface area (Å²) in [6.07, 6.45) is -12.6. The first kappa shape index (κ1) is 20.9. The molecule has 2 aliphatic heterocycles. The van der Waals surface area contributed by atoms with Gasteiger partial charge in [-0.3, -0.25) is 0 Å². The zero-order valence-corrected chi connectivity index (χ0v) is 13.9. The van der Waals surface area contributed by atoms with Crippen molar-refractivity contribution in [2.75, 3.05) is 27.4 Å². The van der Waals surface area contributed by atoms with Crippen LogP contribution < -0.4 is 0 Å². The Bertz CT molecular complexity index is 408. The summed E-state index contributed by atoms with van der Waals surface area (Å²) < 4.78 is 26.1. The van der Waals surface area contributed by atoms with E-state index in [0.717, 1.165) is 0 Å². The lowest BCUT2D eigenvalue weighted by Gasteiger charge is -2.43. The van der Waals surface area contributed by atoms with Gasteiger partial charge in [-0.05, 0) is 0 Å². The molecule has 2 saturated heterocycles. The number of hydrogen-bond donors (Lipinski definition) is 6. The van der Waals surface area contributed by atoms with Gasteiger partial charge in [-0.1, -0.05) is 0 Å². The van der Waals surface area contributed by atoms with Gasteiger partial charge in [-0.2, -0.15) is 0 Å². The monoisotopic (exact) mass is 370 g/mol. The zero-order valence-electron chi connectivity index (χ0n) is 13.9. The highest BCUT2D eigenvalue weighted by atomic mass is 16.7. The fourth-order valence-corrected chi connectivity index (χ4v) is 2.88. The smallest absolute Gasteiger partial charge is 0.187 e. The van der Waals surface area contributed by atoms with Crippen molar-refractivity contribution in [3.8, 4) is 0 Å². The lowest BCUT2D eigenvalue weighted by molar-refractivity contribution is -0.330. The second-order valence-electron chi connectivity index (χ2n) is 5.99. The van der Waals surface area contributed by atoms with Gasteiger partial charge in [0.2, 0.25) is 0 Å². The third-order valence-electron chi connectivity index (χ3n) is 4.42. The van der Waals surface area contributed by atoms with Gasteiger partial charge in [0.05, 0.1) is 13.2 Å². The van der Waals surface area contributed by atoms with Crippen LogP contribution in [0.25, 0.3) is 0 Å². The third-order valence-corrected chi connectivity index (χ3v) is 4.42. The maximum Gasteiger partial charge on any atom is 0.187 e. The number of methoxy groups -OCH3 is 2. The highest BCUT2D eigenvalue weighted by Gasteiger charge is 2.47. The molecular formula is C14H26O11. The molecule has 2 rings (SSSR count). The van der Waals surface area contributed by atoms with E-state index < -0.39 is 68.0 Å². The molecule has 148 valence electrons. The highest BCUT2D eigenvalue weighted by molar-refractivity contribution is 4.92.